The van der Waals surface area contributed by atoms with E-state index in [4.69, 9.17) is 4.74 Å². The second-order valence-electron chi connectivity index (χ2n) is 10.7. The van der Waals surface area contributed by atoms with Gasteiger partial charge in [-0.1, -0.05) is 61.0 Å². The standard InChI is InChI=1S/C31H39N3O5S/c1-7-28(30(36)32-31(3,4)5)33(21-24-14-11-13-23(2)19-24)29(35)22-34(25-15-12-16-26(20-25)39-6)40(37,38)27-17-9-8-10-18-27/h8-20,28H,7,21-22H2,1-6H3,(H,32,36)/t28-/m1/s1. The second-order valence-corrected chi connectivity index (χ2v) is 12.6. The molecule has 3 aromatic carbocycles. The fraction of sp³-hybridized carbons (Fsp3) is 0.355. The summed E-state index contributed by atoms with van der Waals surface area (Å²) in [5.74, 6) is -0.347. The number of anilines is 1. The third-order valence-corrected chi connectivity index (χ3v) is 8.06. The van der Waals surface area contributed by atoms with Crippen LogP contribution in [0.3, 0.4) is 0 Å². The molecule has 0 unspecified atom stereocenters. The Hall–Kier alpha value is -3.85. The van der Waals surface area contributed by atoms with Crippen molar-refractivity contribution in [2.75, 3.05) is 18.0 Å². The molecule has 1 atom stereocenters. The van der Waals surface area contributed by atoms with E-state index >= 15 is 0 Å². The fourth-order valence-electron chi connectivity index (χ4n) is 4.39. The third-order valence-electron chi connectivity index (χ3n) is 6.27. The fourth-order valence-corrected chi connectivity index (χ4v) is 5.82. The minimum absolute atomic E-state index is 0.0494. The number of aryl methyl sites for hydroxylation is 1. The van der Waals surface area contributed by atoms with Gasteiger partial charge in [0.25, 0.3) is 10.0 Å². The van der Waals surface area contributed by atoms with Crippen LogP contribution < -0.4 is 14.4 Å². The molecule has 1 N–H and O–H groups in total. The van der Waals surface area contributed by atoms with Crippen LogP contribution in [0.5, 0.6) is 5.75 Å². The molecule has 0 saturated carbocycles. The Morgan fingerprint density at radius 1 is 0.950 bits per heavy atom. The molecule has 0 fully saturated rings. The molecule has 0 spiro atoms. The van der Waals surface area contributed by atoms with Crippen LogP contribution in [0, 0.1) is 6.92 Å². The summed E-state index contributed by atoms with van der Waals surface area (Å²) in [6.45, 7) is 9.06. The summed E-state index contributed by atoms with van der Waals surface area (Å²) >= 11 is 0. The monoisotopic (exact) mass is 565 g/mol. The molecular formula is C31H39N3O5S. The Kier molecular flexibility index (Phi) is 9.98. The van der Waals surface area contributed by atoms with Gasteiger partial charge in [-0.05, 0) is 63.9 Å². The van der Waals surface area contributed by atoms with Crippen molar-refractivity contribution in [1.29, 1.82) is 0 Å². The van der Waals surface area contributed by atoms with Crippen molar-refractivity contribution in [1.82, 2.24) is 10.2 Å². The Labute approximate surface area is 238 Å². The molecule has 0 aliphatic carbocycles. The number of nitrogens with one attached hydrogen (secondary N) is 1. The van der Waals surface area contributed by atoms with E-state index in [0.29, 0.717) is 12.2 Å². The van der Waals surface area contributed by atoms with E-state index in [2.05, 4.69) is 5.32 Å². The van der Waals surface area contributed by atoms with Gasteiger partial charge in [-0.15, -0.1) is 0 Å². The molecule has 0 aromatic heterocycles. The number of amides is 2. The van der Waals surface area contributed by atoms with Crippen LogP contribution in [0.25, 0.3) is 0 Å². The minimum Gasteiger partial charge on any atom is -0.497 e. The van der Waals surface area contributed by atoms with Crippen LogP contribution in [0.4, 0.5) is 5.69 Å². The van der Waals surface area contributed by atoms with Gasteiger partial charge in [0.05, 0.1) is 17.7 Å². The van der Waals surface area contributed by atoms with E-state index in [9.17, 15) is 18.0 Å². The lowest BCUT2D eigenvalue weighted by molar-refractivity contribution is -0.141. The molecule has 0 bridgehead atoms. The molecule has 0 aliphatic heterocycles. The summed E-state index contributed by atoms with van der Waals surface area (Å²) in [6.07, 6.45) is 0.351. The highest BCUT2D eigenvalue weighted by molar-refractivity contribution is 7.92. The summed E-state index contributed by atoms with van der Waals surface area (Å²) in [6, 6.07) is 21.4. The Morgan fingerprint density at radius 2 is 1.62 bits per heavy atom. The quantitative estimate of drug-likeness (QED) is 0.356. The van der Waals surface area contributed by atoms with E-state index in [-0.39, 0.29) is 23.0 Å². The van der Waals surface area contributed by atoms with E-state index in [1.807, 2.05) is 58.9 Å². The summed E-state index contributed by atoms with van der Waals surface area (Å²) in [4.78, 5) is 29.1. The number of carbonyl (C=O) groups is 2. The van der Waals surface area contributed by atoms with Gasteiger partial charge in [-0.3, -0.25) is 13.9 Å². The van der Waals surface area contributed by atoms with Crippen molar-refractivity contribution in [2.24, 2.45) is 0 Å². The maximum atomic E-state index is 14.1. The SMILES string of the molecule is CC[C@H](C(=O)NC(C)(C)C)N(Cc1cccc(C)c1)C(=O)CN(c1cccc(OC)c1)S(=O)(=O)c1ccccc1. The van der Waals surface area contributed by atoms with Crippen molar-refractivity contribution < 1.29 is 22.7 Å². The molecule has 214 valence electrons. The van der Waals surface area contributed by atoms with Gasteiger partial charge >= 0.3 is 0 Å². The zero-order valence-electron chi connectivity index (χ0n) is 24.0. The molecule has 3 aromatic rings. The highest BCUT2D eigenvalue weighted by Crippen LogP contribution is 2.28. The number of rotatable bonds is 11. The Balaban J connectivity index is 2.08. The number of methoxy groups -OCH3 is 1. The van der Waals surface area contributed by atoms with Gasteiger partial charge in [-0.2, -0.15) is 0 Å². The molecule has 9 heteroatoms. The molecule has 2 amide bonds. The summed E-state index contributed by atoms with van der Waals surface area (Å²) in [5, 5.41) is 2.98. The highest BCUT2D eigenvalue weighted by Gasteiger charge is 2.34. The van der Waals surface area contributed by atoms with Crippen LogP contribution in [-0.2, 0) is 26.2 Å². The van der Waals surface area contributed by atoms with E-state index in [1.165, 1.54) is 24.1 Å². The number of hydrogen-bond donors (Lipinski definition) is 1. The van der Waals surface area contributed by atoms with Gasteiger partial charge in [0.15, 0.2) is 0 Å². The van der Waals surface area contributed by atoms with Crippen LogP contribution in [-0.4, -0.2) is 50.4 Å². The Morgan fingerprint density at radius 3 is 2.23 bits per heavy atom. The van der Waals surface area contributed by atoms with Crippen LogP contribution in [0.1, 0.15) is 45.2 Å². The van der Waals surface area contributed by atoms with Crippen molar-refractivity contribution in [2.45, 2.75) is 64.1 Å². The van der Waals surface area contributed by atoms with Gasteiger partial charge in [0.2, 0.25) is 11.8 Å². The summed E-state index contributed by atoms with van der Waals surface area (Å²) < 4.78 is 34.2. The number of hydrogen-bond acceptors (Lipinski definition) is 5. The summed E-state index contributed by atoms with van der Waals surface area (Å²) in [5.41, 5.74) is 1.63. The van der Waals surface area contributed by atoms with Crippen LogP contribution in [0.2, 0.25) is 0 Å². The lowest BCUT2D eigenvalue weighted by Gasteiger charge is -2.35. The topological polar surface area (TPSA) is 96.0 Å². The van der Waals surface area contributed by atoms with Gasteiger partial charge in [-0.25, -0.2) is 8.42 Å². The van der Waals surface area contributed by atoms with E-state index < -0.39 is 34.1 Å². The molecule has 0 aliphatic rings. The third kappa shape index (κ3) is 7.85. The normalized spacial score (nSPS) is 12.3. The molecule has 0 radical (unpaired) electrons. The van der Waals surface area contributed by atoms with Gasteiger partial charge in [0.1, 0.15) is 18.3 Å². The van der Waals surface area contributed by atoms with Crippen molar-refractivity contribution in [3.8, 4) is 5.75 Å². The number of nitrogens with zero attached hydrogens (tertiary/aromatic N) is 2. The minimum atomic E-state index is -4.14. The number of carbonyl (C=O) groups excluding carboxylic acids is 2. The lowest BCUT2D eigenvalue weighted by Crippen LogP contribution is -2.55. The highest BCUT2D eigenvalue weighted by atomic mass is 32.2. The number of sulfonamides is 1. The molecule has 3 rings (SSSR count). The predicted molar refractivity (Wildman–Crippen MR) is 158 cm³/mol. The molecule has 0 saturated heterocycles. The summed E-state index contributed by atoms with van der Waals surface area (Å²) in [7, 11) is -2.65. The Bertz CT molecular complexity index is 1420. The first-order valence-corrected chi connectivity index (χ1v) is 14.7. The average molecular weight is 566 g/mol. The maximum absolute atomic E-state index is 14.1. The average Bonchev–Trinajstić information content (AvgIpc) is 2.91. The largest absolute Gasteiger partial charge is 0.497 e. The van der Waals surface area contributed by atoms with E-state index in [1.54, 1.807) is 42.5 Å². The predicted octanol–water partition coefficient (Wildman–Crippen LogP) is 4.92. The van der Waals surface area contributed by atoms with E-state index in [0.717, 1.165) is 15.4 Å². The number of ether oxygens (including phenoxy) is 1. The molecule has 8 nitrogen and oxygen atoms in total. The van der Waals surface area contributed by atoms with Crippen LogP contribution in [0.15, 0.2) is 83.8 Å². The van der Waals surface area contributed by atoms with Gasteiger partial charge < -0.3 is 15.0 Å². The molecule has 0 heterocycles. The maximum Gasteiger partial charge on any atom is 0.264 e. The zero-order chi connectivity index (χ0) is 29.5. The molecular weight excluding hydrogens is 526 g/mol. The zero-order valence-corrected chi connectivity index (χ0v) is 24.9. The lowest BCUT2D eigenvalue weighted by atomic mass is 10.0. The van der Waals surface area contributed by atoms with Gasteiger partial charge in [0, 0.05) is 18.2 Å². The first-order valence-electron chi connectivity index (χ1n) is 13.2. The van der Waals surface area contributed by atoms with Crippen molar-refractivity contribution in [3.63, 3.8) is 0 Å². The van der Waals surface area contributed by atoms with Crippen molar-refractivity contribution >= 4 is 27.5 Å². The van der Waals surface area contributed by atoms with Crippen molar-refractivity contribution in [3.05, 3.63) is 90.0 Å². The second kappa shape index (κ2) is 13.0. The first-order chi connectivity index (χ1) is 18.9. The molecule has 40 heavy (non-hydrogen) atoms. The van der Waals surface area contributed by atoms with Crippen LogP contribution >= 0.6 is 0 Å². The first kappa shape index (κ1) is 30.7. The number of benzene rings is 3. The smallest absolute Gasteiger partial charge is 0.264 e.